The number of hydrazine groups is 1. The van der Waals surface area contributed by atoms with Gasteiger partial charge in [-0.05, 0) is 26.0 Å². The Morgan fingerprint density at radius 3 is 2.86 bits per heavy atom. The molecule has 4 N–H and O–H groups in total. The number of morpholine rings is 1. The average Bonchev–Trinajstić information content (AvgIpc) is 2.47. The summed E-state index contributed by atoms with van der Waals surface area (Å²) in [6.45, 7) is 8.00. The molecule has 116 valence electrons. The molecule has 0 spiro atoms. The SMILES string of the molecule is Cc1cc(C(=O)NC(C)CN2CCOCC2)cc(NN)n1. The smallest absolute Gasteiger partial charge is 0.251 e. The Morgan fingerprint density at radius 1 is 1.48 bits per heavy atom. The van der Waals surface area contributed by atoms with Gasteiger partial charge < -0.3 is 15.5 Å². The molecular formula is C14H23N5O2. The van der Waals surface area contributed by atoms with E-state index < -0.39 is 0 Å². The summed E-state index contributed by atoms with van der Waals surface area (Å²) in [7, 11) is 0. The number of anilines is 1. The van der Waals surface area contributed by atoms with Crippen molar-refractivity contribution in [3.8, 4) is 0 Å². The fraction of sp³-hybridized carbons (Fsp3) is 0.571. The first-order valence-electron chi connectivity index (χ1n) is 7.15. The van der Waals surface area contributed by atoms with Crippen molar-refractivity contribution >= 4 is 11.7 Å². The molecule has 1 aromatic rings. The molecule has 1 aliphatic heterocycles. The lowest BCUT2D eigenvalue weighted by Gasteiger charge is -2.29. The molecule has 0 aromatic carbocycles. The first kappa shape index (κ1) is 15.7. The van der Waals surface area contributed by atoms with Gasteiger partial charge in [0.1, 0.15) is 5.82 Å². The molecule has 21 heavy (non-hydrogen) atoms. The van der Waals surface area contributed by atoms with Crippen LogP contribution in [0.3, 0.4) is 0 Å². The summed E-state index contributed by atoms with van der Waals surface area (Å²) in [6, 6.07) is 3.46. The quantitative estimate of drug-likeness (QED) is 0.528. The number of ether oxygens (including phenoxy) is 1. The highest BCUT2D eigenvalue weighted by Crippen LogP contribution is 2.09. The van der Waals surface area contributed by atoms with Crippen LogP contribution in [0.2, 0.25) is 0 Å². The third-order valence-electron chi connectivity index (χ3n) is 3.38. The molecule has 1 aliphatic rings. The van der Waals surface area contributed by atoms with Crippen LogP contribution in [0.4, 0.5) is 5.82 Å². The maximum absolute atomic E-state index is 12.3. The fourth-order valence-electron chi connectivity index (χ4n) is 2.40. The van der Waals surface area contributed by atoms with Crippen molar-refractivity contribution in [3.05, 3.63) is 23.4 Å². The Hall–Kier alpha value is -1.70. The van der Waals surface area contributed by atoms with Gasteiger partial charge in [0, 0.05) is 36.9 Å². The van der Waals surface area contributed by atoms with Gasteiger partial charge in [0.05, 0.1) is 13.2 Å². The minimum absolute atomic E-state index is 0.0679. The van der Waals surface area contributed by atoms with E-state index in [1.807, 2.05) is 13.8 Å². The molecule has 1 atom stereocenters. The molecule has 7 heteroatoms. The number of hydrogen-bond acceptors (Lipinski definition) is 6. The zero-order valence-electron chi connectivity index (χ0n) is 12.6. The van der Waals surface area contributed by atoms with E-state index in [-0.39, 0.29) is 11.9 Å². The molecule has 0 bridgehead atoms. The standard InChI is InChI=1S/C14H23N5O2/c1-10-7-12(8-13(16-10)18-15)14(20)17-11(2)9-19-3-5-21-6-4-19/h7-8,11H,3-6,9,15H2,1-2H3,(H,16,18)(H,17,20). The monoisotopic (exact) mass is 293 g/mol. The van der Waals surface area contributed by atoms with Crippen molar-refractivity contribution in [3.63, 3.8) is 0 Å². The molecular weight excluding hydrogens is 270 g/mol. The summed E-state index contributed by atoms with van der Waals surface area (Å²) in [5.74, 6) is 5.72. The Morgan fingerprint density at radius 2 is 2.19 bits per heavy atom. The number of rotatable bonds is 5. The normalized spacial score (nSPS) is 17.3. The number of nitrogen functional groups attached to an aromatic ring is 1. The van der Waals surface area contributed by atoms with E-state index in [1.165, 1.54) is 0 Å². The van der Waals surface area contributed by atoms with Crippen LogP contribution in [0.1, 0.15) is 23.0 Å². The summed E-state index contributed by atoms with van der Waals surface area (Å²) in [5.41, 5.74) is 3.78. The molecule has 1 amide bonds. The summed E-state index contributed by atoms with van der Waals surface area (Å²) >= 11 is 0. The molecule has 1 aromatic heterocycles. The van der Waals surface area contributed by atoms with Gasteiger partial charge in [0.2, 0.25) is 0 Å². The van der Waals surface area contributed by atoms with Gasteiger partial charge in [0.25, 0.3) is 5.91 Å². The molecule has 1 saturated heterocycles. The van der Waals surface area contributed by atoms with Crippen molar-refractivity contribution in [1.82, 2.24) is 15.2 Å². The number of nitrogens with one attached hydrogen (secondary N) is 2. The first-order chi connectivity index (χ1) is 10.1. The number of hydrogen-bond donors (Lipinski definition) is 3. The topological polar surface area (TPSA) is 92.5 Å². The van der Waals surface area contributed by atoms with Gasteiger partial charge in [-0.3, -0.25) is 9.69 Å². The largest absolute Gasteiger partial charge is 0.379 e. The minimum atomic E-state index is -0.113. The third kappa shape index (κ3) is 4.66. The number of nitrogens with zero attached hydrogens (tertiary/aromatic N) is 2. The van der Waals surface area contributed by atoms with Gasteiger partial charge in [-0.2, -0.15) is 0 Å². The predicted molar refractivity (Wildman–Crippen MR) is 81.0 cm³/mol. The van der Waals surface area contributed by atoms with Gasteiger partial charge in [-0.15, -0.1) is 0 Å². The zero-order valence-corrected chi connectivity index (χ0v) is 12.6. The van der Waals surface area contributed by atoms with Crippen LogP contribution in [0.15, 0.2) is 12.1 Å². The van der Waals surface area contributed by atoms with E-state index in [2.05, 4.69) is 20.6 Å². The molecule has 0 radical (unpaired) electrons. The van der Waals surface area contributed by atoms with Crippen molar-refractivity contribution < 1.29 is 9.53 Å². The second-order valence-electron chi connectivity index (χ2n) is 5.31. The van der Waals surface area contributed by atoms with Gasteiger partial charge in [-0.1, -0.05) is 0 Å². The van der Waals surface area contributed by atoms with E-state index >= 15 is 0 Å². The van der Waals surface area contributed by atoms with Crippen LogP contribution in [0.25, 0.3) is 0 Å². The predicted octanol–water partition coefficient (Wildman–Crippen LogP) is 0.126. The van der Waals surface area contributed by atoms with Crippen molar-refractivity contribution in [2.75, 3.05) is 38.3 Å². The van der Waals surface area contributed by atoms with Crippen LogP contribution in [0.5, 0.6) is 0 Å². The summed E-state index contributed by atoms with van der Waals surface area (Å²) in [6.07, 6.45) is 0. The molecule has 0 aliphatic carbocycles. The zero-order chi connectivity index (χ0) is 15.2. The third-order valence-corrected chi connectivity index (χ3v) is 3.38. The molecule has 2 rings (SSSR count). The minimum Gasteiger partial charge on any atom is -0.379 e. The van der Waals surface area contributed by atoms with E-state index in [1.54, 1.807) is 12.1 Å². The number of nitrogens with two attached hydrogens (primary N) is 1. The Balaban J connectivity index is 1.92. The lowest BCUT2D eigenvalue weighted by Crippen LogP contribution is -2.46. The lowest BCUT2D eigenvalue weighted by molar-refractivity contribution is 0.0342. The van der Waals surface area contributed by atoms with Crippen molar-refractivity contribution in [2.45, 2.75) is 19.9 Å². The second kappa shape index (κ2) is 7.35. The van der Waals surface area contributed by atoms with Crippen molar-refractivity contribution in [2.24, 2.45) is 5.84 Å². The van der Waals surface area contributed by atoms with Crippen molar-refractivity contribution in [1.29, 1.82) is 0 Å². The second-order valence-corrected chi connectivity index (χ2v) is 5.31. The molecule has 2 heterocycles. The fourth-order valence-corrected chi connectivity index (χ4v) is 2.40. The summed E-state index contributed by atoms with van der Waals surface area (Å²) < 4.78 is 5.32. The van der Waals surface area contributed by atoms with Crippen LogP contribution >= 0.6 is 0 Å². The summed E-state index contributed by atoms with van der Waals surface area (Å²) in [4.78, 5) is 18.7. The molecule has 7 nitrogen and oxygen atoms in total. The highest BCUT2D eigenvalue weighted by atomic mass is 16.5. The van der Waals surface area contributed by atoms with Crippen LogP contribution in [-0.4, -0.2) is 54.7 Å². The molecule has 0 saturated carbocycles. The Labute approximate surface area is 124 Å². The molecule has 1 unspecified atom stereocenters. The van der Waals surface area contributed by atoms with Crippen LogP contribution < -0.4 is 16.6 Å². The average molecular weight is 293 g/mol. The highest BCUT2D eigenvalue weighted by molar-refractivity contribution is 5.95. The number of amides is 1. The maximum atomic E-state index is 12.3. The first-order valence-corrected chi connectivity index (χ1v) is 7.15. The maximum Gasteiger partial charge on any atom is 0.251 e. The van der Waals surface area contributed by atoms with Gasteiger partial charge in [-0.25, -0.2) is 10.8 Å². The lowest BCUT2D eigenvalue weighted by atomic mass is 10.2. The summed E-state index contributed by atoms with van der Waals surface area (Å²) in [5, 5.41) is 3.00. The van der Waals surface area contributed by atoms with Crippen LogP contribution in [-0.2, 0) is 4.74 Å². The number of aromatic nitrogens is 1. The van der Waals surface area contributed by atoms with Crippen LogP contribution in [0, 0.1) is 6.92 Å². The molecule has 1 fully saturated rings. The van der Waals surface area contributed by atoms with E-state index in [0.29, 0.717) is 11.4 Å². The van der Waals surface area contributed by atoms with E-state index in [4.69, 9.17) is 10.6 Å². The van der Waals surface area contributed by atoms with E-state index in [0.717, 1.165) is 38.5 Å². The van der Waals surface area contributed by atoms with Gasteiger partial charge in [0.15, 0.2) is 0 Å². The number of aryl methyl sites for hydroxylation is 1. The number of carbonyl (C=O) groups is 1. The van der Waals surface area contributed by atoms with E-state index in [9.17, 15) is 4.79 Å². The van der Waals surface area contributed by atoms with Gasteiger partial charge >= 0.3 is 0 Å². The highest BCUT2D eigenvalue weighted by Gasteiger charge is 2.16. The number of pyridine rings is 1. The Bertz CT molecular complexity index is 488. The number of carbonyl (C=O) groups excluding carboxylic acids is 1. The Kier molecular flexibility index (Phi) is 5.49.